The summed E-state index contributed by atoms with van der Waals surface area (Å²) < 4.78 is 18.0. The van der Waals surface area contributed by atoms with Crippen molar-refractivity contribution in [3.05, 3.63) is 47.5 Å². The van der Waals surface area contributed by atoms with E-state index in [4.69, 9.17) is 23.9 Å². The molecule has 0 radical (unpaired) electrons. The number of piperidine rings is 1. The van der Waals surface area contributed by atoms with E-state index in [-0.39, 0.29) is 0 Å². The molecule has 2 aliphatic heterocycles. The van der Waals surface area contributed by atoms with E-state index in [2.05, 4.69) is 53.7 Å². The number of nitrogens with zero attached hydrogens (tertiary/aromatic N) is 4. The SMILES string of the molecule is COc1cc2c(cc1OCCCN1CCCC1)nc(-c1cc(C)oc1C)c1ccc(CC3CCN(C)CC3)nc12.CS. The van der Waals surface area contributed by atoms with Crippen LogP contribution in [-0.4, -0.2) is 79.5 Å². The first-order chi connectivity index (χ1) is 20.5. The van der Waals surface area contributed by atoms with Crippen molar-refractivity contribution in [2.45, 2.75) is 52.4 Å². The number of furan rings is 1. The second-order valence-electron chi connectivity index (χ2n) is 11.7. The Morgan fingerprint density at radius 3 is 2.40 bits per heavy atom. The molecule has 0 spiro atoms. The highest BCUT2D eigenvalue weighted by Gasteiger charge is 2.21. The molecular formula is C34H46N4O3S. The van der Waals surface area contributed by atoms with Crippen LogP contribution >= 0.6 is 12.6 Å². The number of benzene rings is 1. The van der Waals surface area contributed by atoms with Crippen LogP contribution < -0.4 is 9.47 Å². The second kappa shape index (κ2) is 14.1. The summed E-state index contributed by atoms with van der Waals surface area (Å²) in [4.78, 5) is 15.4. The number of fused-ring (bicyclic) bond motifs is 3. The molecule has 0 amide bonds. The summed E-state index contributed by atoms with van der Waals surface area (Å²) in [6.45, 7) is 10.4. The highest BCUT2D eigenvalue weighted by molar-refractivity contribution is 7.79. The molecule has 2 aliphatic rings. The van der Waals surface area contributed by atoms with Gasteiger partial charge < -0.3 is 23.7 Å². The van der Waals surface area contributed by atoms with Crippen LogP contribution in [0.2, 0.25) is 0 Å². The second-order valence-corrected chi connectivity index (χ2v) is 11.7. The number of methoxy groups -OCH3 is 1. The Hall–Kier alpha value is -2.81. The first kappa shape index (κ1) is 30.6. The largest absolute Gasteiger partial charge is 0.493 e. The van der Waals surface area contributed by atoms with Crippen LogP contribution in [0.5, 0.6) is 11.5 Å². The number of ether oxygens (including phenoxy) is 2. The number of hydrogen-bond acceptors (Lipinski definition) is 8. The van der Waals surface area contributed by atoms with E-state index in [0.29, 0.717) is 12.5 Å². The Morgan fingerprint density at radius 1 is 0.952 bits per heavy atom. The third kappa shape index (κ3) is 6.87. The van der Waals surface area contributed by atoms with Crippen molar-refractivity contribution in [2.24, 2.45) is 5.92 Å². The predicted molar refractivity (Wildman–Crippen MR) is 175 cm³/mol. The zero-order chi connectivity index (χ0) is 29.6. The van der Waals surface area contributed by atoms with Crippen LogP contribution in [0.1, 0.15) is 49.3 Å². The van der Waals surface area contributed by atoms with E-state index in [0.717, 1.165) is 94.3 Å². The van der Waals surface area contributed by atoms with E-state index in [1.54, 1.807) is 13.4 Å². The quantitative estimate of drug-likeness (QED) is 0.128. The average Bonchev–Trinajstić information content (AvgIpc) is 3.65. The van der Waals surface area contributed by atoms with Crippen LogP contribution in [0.4, 0.5) is 0 Å². The molecule has 2 fully saturated rings. The molecule has 6 rings (SSSR count). The normalized spacial score (nSPS) is 16.6. The number of pyridine rings is 2. The molecule has 8 heteroatoms. The third-order valence-electron chi connectivity index (χ3n) is 8.68. The van der Waals surface area contributed by atoms with Gasteiger partial charge in [0, 0.05) is 34.6 Å². The number of rotatable bonds is 9. The average molecular weight is 591 g/mol. The monoisotopic (exact) mass is 590 g/mol. The van der Waals surface area contributed by atoms with E-state index < -0.39 is 0 Å². The van der Waals surface area contributed by atoms with Gasteiger partial charge in [-0.1, -0.05) is 0 Å². The maximum absolute atomic E-state index is 6.28. The highest BCUT2D eigenvalue weighted by atomic mass is 32.1. The first-order valence-electron chi connectivity index (χ1n) is 15.4. The molecule has 2 saturated heterocycles. The van der Waals surface area contributed by atoms with Crippen molar-refractivity contribution in [2.75, 3.05) is 59.7 Å². The summed E-state index contributed by atoms with van der Waals surface area (Å²) in [7, 11) is 3.92. The van der Waals surface area contributed by atoms with Crippen molar-refractivity contribution < 1.29 is 13.9 Å². The van der Waals surface area contributed by atoms with Crippen LogP contribution in [0.15, 0.2) is 34.7 Å². The predicted octanol–water partition coefficient (Wildman–Crippen LogP) is 6.96. The van der Waals surface area contributed by atoms with Gasteiger partial charge >= 0.3 is 0 Å². The lowest BCUT2D eigenvalue weighted by atomic mass is 9.92. The summed E-state index contributed by atoms with van der Waals surface area (Å²) in [5.74, 6) is 3.88. The van der Waals surface area contributed by atoms with E-state index in [1.807, 2.05) is 19.9 Å². The lowest BCUT2D eigenvalue weighted by Crippen LogP contribution is -2.31. The molecule has 0 atom stereocenters. The Labute approximate surface area is 256 Å². The Balaban J connectivity index is 0.00000173. The minimum absolute atomic E-state index is 0.651. The zero-order valence-corrected chi connectivity index (χ0v) is 26.8. The van der Waals surface area contributed by atoms with Gasteiger partial charge in [-0.3, -0.25) is 4.98 Å². The van der Waals surface area contributed by atoms with E-state index in [1.165, 1.54) is 38.8 Å². The topological polar surface area (TPSA) is 63.9 Å². The lowest BCUT2D eigenvalue weighted by molar-refractivity contribution is 0.218. The number of aromatic nitrogens is 2. The summed E-state index contributed by atoms with van der Waals surface area (Å²) in [5, 5.41) is 2.02. The molecule has 0 aliphatic carbocycles. The van der Waals surface area contributed by atoms with E-state index >= 15 is 0 Å². The van der Waals surface area contributed by atoms with Crippen LogP contribution in [0.25, 0.3) is 33.1 Å². The first-order valence-corrected chi connectivity index (χ1v) is 16.2. The van der Waals surface area contributed by atoms with Gasteiger partial charge in [0.2, 0.25) is 0 Å². The summed E-state index contributed by atoms with van der Waals surface area (Å²) in [5.41, 5.74) is 4.88. The summed E-state index contributed by atoms with van der Waals surface area (Å²) in [6, 6.07) is 10.6. The molecule has 226 valence electrons. The number of hydrogen-bond donors (Lipinski definition) is 1. The van der Waals surface area contributed by atoms with Crippen molar-refractivity contribution in [1.29, 1.82) is 0 Å². The van der Waals surface area contributed by atoms with Crippen molar-refractivity contribution in [3.63, 3.8) is 0 Å². The van der Waals surface area contributed by atoms with Crippen molar-refractivity contribution >= 4 is 34.4 Å². The standard InChI is InChI=1S/C33H42N4O3.CH4S/c1-22-18-27(23(2)40-22)32-26-9-8-25(19-24-10-15-36(3)16-11-24)34-33(26)28-20-30(38-4)31(21-29(28)35-32)39-17-7-14-37-12-5-6-13-37;1-2/h8-9,18,20-21,24H,5-7,10-17,19H2,1-4H3;2H,1H3. The Morgan fingerprint density at radius 2 is 1.71 bits per heavy atom. The molecule has 0 N–H and O–H groups in total. The smallest absolute Gasteiger partial charge is 0.163 e. The van der Waals surface area contributed by atoms with Gasteiger partial charge in [0.25, 0.3) is 0 Å². The molecule has 0 bridgehead atoms. The lowest BCUT2D eigenvalue weighted by Gasteiger charge is -2.28. The molecule has 1 aromatic carbocycles. The van der Waals surface area contributed by atoms with Gasteiger partial charge in [-0.2, -0.15) is 12.6 Å². The van der Waals surface area contributed by atoms with Crippen LogP contribution in [-0.2, 0) is 6.42 Å². The number of thiol groups is 1. The van der Waals surface area contributed by atoms with Crippen molar-refractivity contribution in [3.8, 4) is 22.8 Å². The molecule has 4 aromatic rings. The zero-order valence-electron chi connectivity index (χ0n) is 25.9. The molecular weight excluding hydrogens is 544 g/mol. The highest BCUT2D eigenvalue weighted by Crippen LogP contribution is 2.39. The number of likely N-dealkylation sites (tertiary alicyclic amines) is 2. The number of aryl methyl sites for hydroxylation is 2. The molecule has 0 unspecified atom stereocenters. The van der Waals surface area contributed by atoms with E-state index in [9.17, 15) is 0 Å². The van der Waals surface area contributed by atoms with Crippen LogP contribution in [0.3, 0.4) is 0 Å². The Kier molecular flexibility index (Phi) is 10.3. The summed E-state index contributed by atoms with van der Waals surface area (Å²) >= 11 is 3.53. The fourth-order valence-electron chi connectivity index (χ4n) is 6.40. The summed E-state index contributed by atoms with van der Waals surface area (Å²) in [6.07, 6.45) is 8.75. The molecule has 7 nitrogen and oxygen atoms in total. The third-order valence-corrected chi connectivity index (χ3v) is 8.68. The van der Waals surface area contributed by atoms with Crippen molar-refractivity contribution in [1.82, 2.24) is 19.8 Å². The Bertz CT molecular complexity index is 1490. The molecule has 0 saturated carbocycles. The fraction of sp³-hybridized carbons (Fsp3) is 0.529. The van der Waals surface area contributed by atoms with Gasteiger partial charge in [0.15, 0.2) is 11.5 Å². The van der Waals surface area contributed by atoms with Gasteiger partial charge in [-0.05, 0) is 122 Å². The molecule has 42 heavy (non-hydrogen) atoms. The minimum Gasteiger partial charge on any atom is -0.493 e. The van der Waals surface area contributed by atoms with Crippen LogP contribution in [0, 0.1) is 19.8 Å². The van der Waals surface area contributed by atoms with Gasteiger partial charge in [0.05, 0.1) is 30.4 Å². The minimum atomic E-state index is 0.651. The fourth-order valence-corrected chi connectivity index (χ4v) is 6.40. The van der Waals surface area contributed by atoms with Gasteiger partial charge in [-0.15, -0.1) is 0 Å². The maximum atomic E-state index is 6.28. The molecule has 5 heterocycles. The maximum Gasteiger partial charge on any atom is 0.163 e. The van der Waals surface area contributed by atoms with Gasteiger partial charge in [-0.25, -0.2) is 4.98 Å². The molecule has 3 aromatic heterocycles. The van der Waals surface area contributed by atoms with Gasteiger partial charge in [0.1, 0.15) is 11.5 Å².